The molecular weight excluding hydrogens is 126 g/mol. The van der Waals surface area contributed by atoms with Crippen LogP contribution in [-0.2, 0) is 0 Å². The van der Waals surface area contributed by atoms with E-state index in [2.05, 4.69) is 10.3 Å². The number of nitrogens with one attached hydrogen (secondary N) is 1. The van der Waals surface area contributed by atoms with Crippen LogP contribution in [0, 0.1) is 0 Å². The van der Waals surface area contributed by atoms with E-state index in [1.165, 1.54) is 6.92 Å². The molecule has 0 aliphatic carbocycles. The minimum absolute atomic E-state index is 0.121. The molecule has 0 amide bonds. The summed E-state index contributed by atoms with van der Waals surface area (Å²) in [5, 5.41) is 2.63. The van der Waals surface area contributed by atoms with Crippen LogP contribution in [0.1, 0.15) is 6.92 Å². The summed E-state index contributed by atoms with van der Waals surface area (Å²) in [6.07, 6.45) is -2.42. The topological polar surface area (TPSA) is 24.4 Å². The highest BCUT2D eigenvalue weighted by molar-refractivity contribution is 5.84. The molecule has 0 saturated carbocycles. The van der Waals surface area contributed by atoms with Crippen molar-refractivity contribution in [3.63, 3.8) is 0 Å². The molecule has 0 aromatic carbocycles. The van der Waals surface area contributed by atoms with Crippen LogP contribution in [0.4, 0.5) is 8.78 Å². The van der Waals surface area contributed by atoms with Gasteiger partial charge in [-0.3, -0.25) is 4.99 Å². The van der Waals surface area contributed by atoms with Gasteiger partial charge in [0.25, 0.3) is 6.43 Å². The summed E-state index contributed by atoms with van der Waals surface area (Å²) in [5.74, 6) is 0. The van der Waals surface area contributed by atoms with E-state index in [4.69, 9.17) is 0 Å². The van der Waals surface area contributed by atoms with Crippen molar-refractivity contribution in [3.8, 4) is 0 Å². The van der Waals surface area contributed by atoms with Gasteiger partial charge in [-0.05, 0) is 14.0 Å². The first-order valence-electron chi connectivity index (χ1n) is 2.62. The summed E-state index contributed by atoms with van der Waals surface area (Å²) in [5.41, 5.74) is -0.121. The molecule has 0 aliphatic rings. The predicted molar refractivity (Wildman–Crippen MR) is 33.0 cm³/mol. The molecule has 0 radical (unpaired) electrons. The molecule has 1 N–H and O–H groups in total. The minimum Gasteiger partial charge on any atom is -0.301 e. The zero-order valence-electron chi connectivity index (χ0n) is 5.49. The fourth-order valence-corrected chi connectivity index (χ4v) is 0.273. The maximum atomic E-state index is 11.6. The quantitative estimate of drug-likeness (QED) is 0.572. The first-order chi connectivity index (χ1) is 4.18. The van der Waals surface area contributed by atoms with Gasteiger partial charge in [0.15, 0.2) is 0 Å². The molecule has 0 bridgehead atoms. The fraction of sp³-hybridized carbons (Fsp3) is 0.800. The SMILES string of the molecule is CNCN=C(C)C(F)F. The van der Waals surface area contributed by atoms with Gasteiger partial charge in [0, 0.05) is 0 Å². The van der Waals surface area contributed by atoms with Crippen LogP contribution in [0.15, 0.2) is 4.99 Å². The lowest BCUT2D eigenvalue weighted by Crippen LogP contribution is -2.11. The van der Waals surface area contributed by atoms with Crippen LogP contribution in [0.25, 0.3) is 0 Å². The van der Waals surface area contributed by atoms with Crippen LogP contribution in [0.5, 0.6) is 0 Å². The van der Waals surface area contributed by atoms with E-state index in [0.717, 1.165) is 0 Å². The van der Waals surface area contributed by atoms with Crippen molar-refractivity contribution in [2.75, 3.05) is 13.7 Å². The van der Waals surface area contributed by atoms with E-state index >= 15 is 0 Å². The molecule has 9 heavy (non-hydrogen) atoms. The van der Waals surface area contributed by atoms with Gasteiger partial charge in [0.05, 0.1) is 12.4 Å². The number of hydrogen-bond donors (Lipinski definition) is 1. The number of alkyl halides is 2. The van der Waals surface area contributed by atoms with Crippen molar-refractivity contribution in [2.45, 2.75) is 13.3 Å². The monoisotopic (exact) mass is 136 g/mol. The maximum Gasteiger partial charge on any atom is 0.275 e. The largest absolute Gasteiger partial charge is 0.301 e. The maximum absolute atomic E-state index is 11.6. The van der Waals surface area contributed by atoms with Crippen molar-refractivity contribution in [1.82, 2.24) is 5.32 Å². The third-order valence-electron chi connectivity index (χ3n) is 0.802. The number of halogens is 2. The molecule has 0 aromatic heterocycles. The number of hydrogen-bond acceptors (Lipinski definition) is 2. The summed E-state index contributed by atoms with van der Waals surface area (Å²) in [4.78, 5) is 3.50. The number of aliphatic imine (C=N–C) groups is 1. The molecule has 4 heteroatoms. The first kappa shape index (κ1) is 8.49. The van der Waals surface area contributed by atoms with Gasteiger partial charge in [0.2, 0.25) is 0 Å². The number of nitrogens with zero attached hydrogens (tertiary/aromatic N) is 1. The highest BCUT2D eigenvalue weighted by Gasteiger charge is 2.04. The molecular formula is C5H10F2N2. The van der Waals surface area contributed by atoms with Gasteiger partial charge in [0.1, 0.15) is 0 Å². The summed E-state index contributed by atoms with van der Waals surface area (Å²) in [7, 11) is 1.66. The van der Waals surface area contributed by atoms with Gasteiger partial charge in [-0.25, -0.2) is 8.78 Å². The van der Waals surface area contributed by atoms with Crippen LogP contribution in [-0.4, -0.2) is 25.9 Å². The Morgan fingerprint density at radius 1 is 1.67 bits per heavy atom. The van der Waals surface area contributed by atoms with E-state index < -0.39 is 6.43 Å². The third kappa shape index (κ3) is 4.02. The Kier molecular flexibility index (Phi) is 4.13. The minimum atomic E-state index is -2.42. The summed E-state index contributed by atoms with van der Waals surface area (Å²) in [6, 6.07) is 0. The summed E-state index contributed by atoms with van der Waals surface area (Å²) < 4.78 is 23.2. The van der Waals surface area contributed by atoms with Crippen molar-refractivity contribution >= 4 is 5.71 Å². The lowest BCUT2D eigenvalue weighted by atomic mass is 10.4. The second kappa shape index (κ2) is 4.38. The van der Waals surface area contributed by atoms with Gasteiger partial charge in [-0.15, -0.1) is 0 Å². The second-order valence-electron chi connectivity index (χ2n) is 1.61. The van der Waals surface area contributed by atoms with E-state index in [0.29, 0.717) is 0 Å². The fourth-order valence-electron chi connectivity index (χ4n) is 0.273. The highest BCUT2D eigenvalue weighted by atomic mass is 19.3. The van der Waals surface area contributed by atoms with Crippen LogP contribution >= 0.6 is 0 Å². The molecule has 0 saturated heterocycles. The molecule has 0 aliphatic heterocycles. The highest BCUT2D eigenvalue weighted by Crippen LogP contribution is 1.94. The average molecular weight is 136 g/mol. The van der Waals surface area contributed by atoms with E-state index in [1.54, 1.807) is 7.05 Å². The first-order valence-corrected chi connectivity index (χ1v) is 2.62. The third-order valence-corrected chi connectivity index (χ3v) is 0.802. The Bertz CT molecular complexity index is 101. The van der Waals surface area contributed by atoms with Crippen molar-refractivity contribution < 1.29 is 8.78 Å². The van der Waals surface area contributed by atoms with E-state index in [9.17, 15) is 8.78 Å². The molecule has 0 atom stereocenters. The van der Waals surface area contributed by atoms with Crippen LogP contribution in [0.3, 0.4) is 0 Å². The molecule has 0 rings (SSSR count). The number of rotatable bonds is 3. The molecule has 0 spiro atoms. The zero-order chi connectivity index (χ0) is 7.28. The smallest absolute Gasteiger partial charge is 0.275 e. The van der Waals surface area contributed by atoms with Gasteiger partial charge in [-0.2, -0.15) is 0 Å². The Morgan fingerprint density at radius 3 is 2.56 bits per heavy atom. The molecule has 0 heterocycles. The van der Waals surface area contributed by atoms with Crippen LogP contribution < -0.4 is 5.32 Å². The Labute approximate surface area is 53.0 Å². The van der Waals surface area contributed by atoms with Gasteiger partial charge < -0.3 is 5.32 Å². The zero-order valence-corrected chi connectivity index (χ0v) is 5.49. The lowest BCUT2D eigenvalue weighted by molar-refractivity contribution is 0.224. The lowest BCUT2D eigenvalue weighted by Gasteiger charge is -1.96. The Hall–Kier alpha value is -0.510. The average Bonchev–Trinajstić information content (AvgIpc) is 1.82. The molecule has 0 aromatic rings. The molecule has 54 valence electrons. The standard InChI is InChI=1S/C5H10F2N2/c1-4(5(6)7)9-3-8-2/h5,8H,3H2,1-2H3. The molecule has 0 unspecified atom stereocenters. The van der Waals surface area contributed by atoms with Crippen molar-refractivity contribution in [3.05, 3.63) is 0 Å². The van der Waals surface area contributed by atoms with Crippen LogP contribution in [0.2, 0.25) is 0 Å². The second-order valence-corrected chi connectivity index (χ2v) is 1.61. The molecule has 0 fully saturated rings. The molecule has 2 nitrogen and oxygen atoms in total. The van der Waals surface area contributed by atoms with Crippen molar-refractivity contribution in [2.24, 2.45) is 4.99 Å². The summed E-state index contributed by atoms with van der Waals surface area (Å²) >= 11 is 0. The van der Waals surface area contributed by atoms with Gasteiger partial charge in [-0.1, -0.05) is 0 Å². The Balaban J connectivity index is 3.55. The Morgan fingerprint density at radius 2 is 2.22 bits per heavy atom. The van der Waals surface area contributed by atoms with Crippen molar-refractivity contribution in [1.29, 1.82) is 0 Å². The van der Waals surface area contributed by atoms with E-state index in [1.807, 2.05) is 0 Å². The summed E-state index contributed by atoms with van der Waals surface area (Å²) in [6.45, 7) is 1.57. The van der Waals surface area contributed by atoms with E-state index in [-0.39, 0.29) is 12.4 Å². The normalized spacial score (nSPS) is 12.8. The predicted octanol–water partition coefficient (Wildman–Crippen LogP) is 0.889. The van der Waals surface area contributed by atoms with Gasteiger partial charge >= 0.3 is 0 Å².